The second kappa shape index (κ2) is 9.96. The van der Waals surface area contributed by atoms with E-state index in [9.17, 15) is 9.90 Å². The zero-order valence-corrected chi connectivity index (χ0v) is 17.0. The van der Waals surface area contributed by atoms with Gasteiger partial charge in [-0.3, -0.25) is 4.79 Å². The number of hydrogen-bond donors (Lipinski definition) is 2. The standard InChI is InChI=1S/C22H36N2O2/c1-5-7-8-9-13-24(20(25)6-2)21-16(3)14-19(17(4)22(21)26)18-11-10-12-23-15-18/h14,18,23,26H,5-13,15H2,1-4H3. The van der Waals surface area contributed by atoms with Crippen LogP contribution in [0.25, 0.3) is 0 Å². The van der Waals surface area contributed by atoms with E-state index in [1.807, 2.05) is 25.7 Å². The highest BCUT2D eigenvalue weighted by Crippen LogP contribution is 2.40. The molecule has 4 nitrogen and oxygen atoms in total. The van der Waals surface area contributed by atoms with Crippen LogP contribution in [0.5, 0.6) is 5.75 Å². The predicted octanol–water partition coefficient (Wildman–Crippen LogP) is 4.80. The molecular formula is C22H36N2O2. The summed E-state index contributed by atoms with van der Waals surface area (Å²) >= 11 is 0. The fourth-order valence-electron chi connectivity index (χ4n) is 4.04. The number of nitrogens with one attached hydrogen (secondary N) is 1. The molecule has 0 aromatic heterocycles. The number of unbranched alkanes of at least 4 members (excludes halogenated alkanes) is 3. The number of benzene rings is 1. The van der Waals surface area contributed by atoms with E-state index in [0.29, 0.717) is 24.6 Å². The number of phenols is 1. The van der Waals surface area contributed by atoms with Gasteiger partial charge >= 0.3 is 0 Å². The van der Waals surface area contributed by atoms with Gasteiger partial charge in [-0.2, -0.15) is 0 Å². The molecule has 1 unspecified atom stereocenters. The Morgan fingerprint density at radius 3 is 2.65 bits per heavy atom. The van der Waals surface area contributed by atoms with Crippen LogP contribution in [0, 0.1) is 13.8 Å². The van der Waals surface area contributed by atoms with Crippen molar-refractivity contribution in [1.82, 2.24) is 5.32 Å². The lowest BCUT2D eigenvalue weighted by molar-refractivity contribution is -0.118. The number of carbonyl (C=O) groups excluding carboxylic acids is 1. The van der Waals surface area contributed by atoms with E-state index < -0.39 is 0 Å². The molecular weight excluding hydrogens is 324 g/mol. The lowest BCUT2D eigenvalue weighted by atomic mass is 9.86. The summed E-state index contributed by atoms with van der Waals surface area (Å²) < 4.78 is 0. The monoisotopic (exact) mass is 360 g/mol. The second-order valence-corrected chi connectivity index (χ2v) is 7.61. The first kappa shape index (κ1) is 20.8. The number of aryl methyl sites for hydroxylation is 1. The molecule has 0 radical (unpaired) electrons. The molecule has 26 heavy (non-hydrogen) atoms. The molecule has 0 bridgehead atoms. The molecule has 1 aliphatic rings. The average Bonchev–Trinajstić information content (AvgIpc) is 2.66. The first-order chi connectivity index (χ1) is 12.5. The highest BCUT2D eigenvalue weighted by molar-refractivity contribution is 5.96. The van der Waals surface area contributed by atoms with Crippen LogP contribution in [0.15, 0.2) is 6.07 Å². The molecule has 1 fully saturated rings. The summed E-state index contributed by atoms with van der Waals surface area (Å²) in [6.07, 6.45) is 7.24. The number of hydrogen-bond acceptors (Lipinski definition) is 3. The zero-order chi connectivity index (χ0) is 19.1. The summed E-state index contributed by atoms with van der Waals surface area (Å²) in [5, 5.41) is 14.5. The van der Waals surface area contributed by atoms with Gasteiger partial charge in [-0.15, -0.1) is 0 Å². The molecule has 1 atom stereocenters. The van der Waals surface area contributed by atoms with Crippen LogP contribution in [0.2, 0.25) is 0 Å². The SMILES string of the molecule is CCCCCCN(C(=O)CC)c1c(C)cc(C2CCCNC2)c(C)c1O. The number of aromatic hydroxyl groups is 1. The minimum absolute atomic E-state index is 0.0892. The Labute approximate surface area is 159 Å². The predicted molar refractivity (Wildman–Crippen MR) is 109 cm³/mol. The molecule has 0 spiro atoms. The lowest BCUT2D eigenvalue weighted by Gasteiger charge is -2.30. The van der Waals surface area contributed by atoms with Crippen molar-refractivity contribution in [1.29, 1.82) is 0 Å². The van der Waals surface area contributed by atoms with Crippen molar-refractivity contribution in [2.24, 2.45) is 0 Å². The van der Waals surface area contributed by atoms with E-state index in [2.05, 4.69) is 18.3 Å². The van der Waals surface area contributed by atoms with E-state index in [0.717, 1.165) is 49.2 Å². The molecule has 1 aromatic rings. The topological polar surface area (TPSA) is 52.6 Å². The first-order valence-electron chi connectivity index (χ1n) is 10.3. The molecule has 1 amide bonds. The van der Waals surface area contributed by atoms with Crippen LogP contribution >= 0.6 is 0 Å². The summed E-state index contributed by atoms with van der Waals surface area (Å²) in [6.45, 7) is 10.8. The fourth-order valence-corrected chi connectivity index (χ4v) is 4.04. The van der Waals surface area contributed by atoms with Crippen molar-refractivity contribution in [3.63, 3.8) is 0 Å². The van der Waals surface area contributed by atoms with E-state index >= 15 is 0 Å². The average molecular weight is 361 g/mol. The Kier molecular flexibility index (Phi) is 7.95. The van der Waals surface area contributed by atoms with E-state index in [-0.39, 0.29) is 5.91 Å². The molecule has 1 aromatic carbocycles. The normalized spacial score (nSPS) is 17.3. The Morgan fingerprint density at radius 2 is 2.04 bits per heavy atom. The summed E-state index contributed by atoms with van der Waals surface area (Å²) in [5.74, 6) is 0.830. The van der Waals surface area contributed by atoms with Crippen LogP contribution in [-0.2, 0) is 4.79 Å². The maximum Gasteiger partial charge on any atom is 0.226 e. The Bertz CT molecular complexity index is 607. The molecule has 0 saturated carbocycles. The van der Waals surface area contributed by atoms with Gasteiger partial charge in [-0.1, -0.05) is 39.2 Å². The van der Waals surface area contributed by atoms with Crippen molar-refractivity contribution in [2.45, 2.75) is 78.6 Å². The van der Waals surface area contributed by atoms with Gasteiger partial charge in [0.25, 0.3) is 0 Å². The molecule has 1 saturated heterocycles. The quantitative estimate of drug-likeness (QED) is 0.655. The van der Waals surface area contributed by atoms with Gasteiger partial charge in [0, 0.05) is 19.5 Å². The number of carbonyl (C=O) groups is 1. The third kappa shape index (κ3) is 4.79. The maximum absolute atomic E-state index is 12.6. The minimum Gasteiger partial charge on any atom is -0.505 e. The number of anilines is 1. The van der Waals surface area contributed by atoms with Crippen LogP contribution in [0.3, 0.4) is 0 Å². The largest absolute Gasteiger partial charge is 0.505 e. The number of phenolic OH excluding ortho intramolecular Hbond substituents is 1. The zero-order valence-electron chi connectivity index (χ0n) is 17.0. The number of piperidine rings is 1. The van der Waals surface area contributed by atoms with Crippen LogP contribution in [-0.4, -0.2) is 30.6 Å². The van der Waals surface area contributed by atoms with E-state index in [1.54, 1.807) is 0 Å². The Hall–Kier alpha value is -1.55. The van der Waals surface area contributed by atoms with Gasteiger partial charge < -0.3 is 15.3 Å². The van der Waals surface area contributed by atoms with Crippen LogP contribution in [0.4, 0.5) is 5.69 Å². The molecule has 2 N–H and O–H groups in total. The molecule has 4 heteroatoms. The number of nitrogens with zero attached hydrogens (tertiary/aromatic N) is 1. The number of amides is 1. The van der Waals surface area contributed by atoms with Gasteiger partial charge in [0.05, 0.1) is 5.69 Å². The van der Waals surface area contributed by atoms with Crippen molar-refractivity contribution in [3.05, 3.63) is 22.8 Å². The summed E-state index contributed by atoms with van der Waals surface area (Å²) in [5.41, 5.74) is 3.89. The van der Waals surface area contributed by atoms with Gasteiger partial charge in [-0.05, 0) is 62.3 Å². The first-order valence-corrected chi connectivity index (χ1v) is 10.3. The highest BCUT2D eigenvalue weighted by atomic mass is 16.3. The highest BCUT2D eigenvalue weighted by Gasteiger charge is 2.25. The third-order valence-electron chi connectivity index (χ3n) is 5.60. The van der Waals surface area contributed by atoms with Crippen molar-refractivity contribution < 1.29 is 9.90 Å². The van der Waals surface area contributed by atoms with Gasteiger partial charge in [0.2, 0.25) is 5.91 Å². The molecule has 146 valence electrons. The van der Waals surface area contributed by atoms with Crippen molar-refractivity contribution in [3.8, 4) is 5.75 Å². The number of rotatable bonds is 8. The van der Waals surface area contributed by atoms with Crippen molar-refractivity contribution >= 4 is 11.6 Å². The van der Waals surface area contributed by atoms with Gasteiger partial charge in [0.1, 0.15) is 5.75 Å². The maximum atomic E-state index is 12.6. The second-order valence-electron chi connectivity index (χ2n) is 7.61. The van der Waals surface area contributed by atoms with Crippen molar-refractivity contribution in [2.75, 3.05) is 24.5 Å². The Balaban J connectivity index is 2.32. The fraction of sp³-hybridized carbons (Fsp3) is 0.682. The lowest BCUT2D eigenvalue weighted by Crippen LogP contribution is -2.32. The minimum atomic E-state index is 0.0892. The smallest absolute Gasteiger partial charge is 0.226 e. The van der Waals surface area contributed by atoms with E-state index in [4.69, 9.17) is 0 Å². The molecule has 0 aliphatic carbocycles. The van der Waals surface area contributed by atoms with E-state index in [1.165, 1.54) is 24.8 Å². The summed E-state index contributed by atoms with van der Waals surface area (Å²) in [4.78, 5) is 14.4. The Morgan fingerprint density at radius 1 is 1.27 bits per heavy atom. The van der Waals surface area contributed by atoms with Crippen LogP contribution < -0.4 is 10.2 Å². The summed E-state index contributed by atoms with van der Waals surface area (Å²) in [6, 6.07) is 2.20. The van der Waals surface area contributed by atoms with Crippen LogP contribution in [0.1, 0.15) is 81.4 Å². The molecule has 2 rings (SSSR count). The van der Waals surface area contributed by atoms with Gasteiger partial charge in [0.15, 0.2) is 0 Å². The summed E-state index contributed by atoms with van der Waals surface area (Å²) in [7, 11) is 0. The molecule has 1 aliphatic heterocycles. The third-order valence-corrected chi connectivity index (χ3v) is 5.60. The molecule has 1 heterocycles. The van der Waals surface area contributed by atoms with Gasteiger partial charge in [-0.25, -0.2) is 0 Å².